The molecule has 0 aliphatic rings. The Morgan fingerprint density at radius 2 is 1.08 bits per heavy atom. The maximum absolute atomic E-state index is 11.4. The lowest BCUT2D eigenvalue weighted by Gasteiger charge is -2.19. The number of rotatable bonds is 17. The molecule has 0 radical (unpaired) electrons. The van der Waals surface area contributed by atoms with Crippen LogP contribution < -0.4 is 0 Å². The normalized spacial score (nSPS) is 11.7. The summed E-state index contributed by atoms with van der Waals surface area (Å²) in [7, 11) is 0. The number of hydrogen-bond donors (Lipinski definition) is 0. The van der Waals surface area contributed by atoms with Crippen molar-refractivity contribution in [3.05, 3.63) is 0 Å². The number of carbonyl (C=O) groups excluding carboxylic acids is 1. The molecule has 0 unspecified atom stereocenters. The Morgan fingerprint density at radius 1 is 0.680 bits per heavy atom. The molecule has 0 aromatic rings. The Bertz CT molecular complexity index is 302. The van der Waals surface area contributed by atoms with Crippen LogP contribution in [0, 0.1) is 0 Å². The molecule has 0 saturated heterocycles. The molecule has 0 N–H and O–H groups in total. The molecular weight excluding hydrogens is 328 g/mol. The first-order chi connectivity index (χ1) is 12.0. The van der Waals surface area contributed by atoms with Crippen molar-refractivity contribution in [2.24, 2.45) is 0 Å². The number of hydrogen-bond acceptors (Lipinski definition) is 7. The fourth-order valence-electron chi connectivity index (χ4n) is 1.65. The lowest BCUT2D eigenvalue weighted by molar-refractivity contribution is -0.160. The van der Waals surface area contributed by atoms with E-state index in [0.717, 1.165) is 19.4 Å². The van der Waals surface area contributed by atoms with E-state index in [4.69, 9.17) is 28.4 Å². The molecule has 0 aromatic carbocycles. The smallest absolute Gasteiger partial charge is 0.332 e. The van der Waals surface area contributed by atoms with Gasteiger partial charge in [-0.25, -0.2) is 4.79 Å². The summed E-state index contributed by atoms with van der Waals surface area (Å²) in [5.74, 6) is -0.369. The molecule has 0 heterocycles. The van der Waals surface area contributed by atoms with Crippen LogP contribution in [-0.4, -0.2) is 77.6 Å². The van der Waals surface area contributed by atoms with Gasteiger partial charge in [0, 0.05) is 6.61 Å². The molecular formula is C18H36O7. The molecule has 0 aliphatic carbocycles. The van der Waals surface area contributed by atoms with Crippen LogP contribution in [0.15, 0.2) is 0 Å². The highest BCUT2D eigenvalue weighted by atomic mass is 16.6. The molecule has 0 aromatic heterocycles. The Balaban J connectivity index is 3.13. The van der Waals surface area contributed by atoms with Crippen molar-refractivity contribution in [1.82, 2.24) is 0 Å². The monoisotopic (exact) mass is 364 g/mol. The zero-order valence-electron chi connectivity index (χ0n) is 16.3. The van der Waals surface area contributed by atoms with E-state index in [1.807, 2.05) is 20.8 Å². The molecule has 7 heteroatoms. The summed E-state index contributed by atoms with van der Waals surface area (Å²) in [6.45, 7) is 12.4. The van der Waals surface area contributed by atoms with Gasteiger partial charge in [0.05, 0.1) is 52.9 Å². The van der Waals surface area contributed by atoms with Gasteiger partial charge < -0.3 is 28.4 Å². The summed E-state index contributed by atoms with van der Waals surface area (Å²) in [5.41, 5.74) is -0.486. The first-order valence-corrected chi connectivity index (χ1v) is 9.06. The summed E-state index contributed by atoms with van der Waals surface area (Å²) < 4.78 is 31.8. The van der Waals surface area contributed by atoms with Crippen LogP contribution >= 0.6 is 0 Å². The van der Waals surface area contributed by atoms with E-state index in [0.29, 0.717) is 52.9 Å². The number of unbranched alkanes of at least 4 members (excludes halogenated alkanes) is 1. The van der Waals surface area contributed by atoms with E-state index >= 15 is 0 Å². The van der Waals surface area contributed by atoms with Gasteiger partial charge >= 0.3 is 5.97 Å². The predicted molar refractivity (Wildman–Crippen MR) is 94.8 cm³/mol. The SMILES string of the molecule is CCCCOCCOCCOCCOCCOCC(=O)OC(C)(C)C. The van der Waals surface area contributed by atoms with Gasteiger partial charge in [-0.05, 0) is 27.2 Å². The second-order valence-corrected chi connectivity index (χ2v) is 6.44. The molecule has 25 heavy (non-hydrogen) atoms. The zero-order valence-corrected chi connectivity index (χ0v) is 16.3. The van der Waals surface area contributed by atoms with Crippen LogP contribution in [0.2, 0.25) is 0 Å². The molecule has 0 amide bonds. The van der Waals surface area contributed by atoms with E-state index in [2.05, 4.69) is 6.92 Å². The Kier molecular flexibility index (Phi) is 16.2. The van der Waals surface area contributed by atoms with Gasteiger partial charge in [0.2, 0.25) is 0 Å². The standard InChI is InChI=1S/C18H36O7/c1-5-6-7-20-8-9-21-10-11-22-12-13-23-14-15-24-16-17(19)25-18(2,3)4/h5-16H2,1-4H3. The van der Waals surface area contributed by atoms with E-state index in [1.165, 1.54) is 0 Å². The van der Waals surface area contributed by atoms with Gasteiger partial charge in [0.1, 0.15) is 12.2 Å². The van der Waals surface area contributed by atoms with E-state index in [1.54, 1.807) is 0 Å². The molecule has 0 bridgehead atoms. The first-order valence-electron chi connectivity index (χ1n) is 9.06. The van der Waals surface area contributed by atoms with Gasteiger partial charge in [-0.3, -0.25) is 0 Å². The van der Waals surface area contributed by atoms with Crippen molar-refractivity contribution in [3.8, 4) is 0 Å². The molecule has 150 valence electrons. The third kappa shape index (κ3) is 21.2. The Hall–Kier alpha value is -0.730. The lowest BCUT2D eigenvalue weighted by Crippen LogP contribution is -2.27. The largest absolute Gasteiger partial charge is 0.458 e. The van der Waals surface area contributed by atoms with Crippen molar-refractivity contribution in [3.63, 3.8) is 0 Å². The minimum Gasteiger partial charge on any atom is -0.458 e. The highest BCUT2D eigenvalue weighted by Gasteiger charge is 2.15. The minimum atomic E-state index is -0.486. The second-order valence-electron chi connectivity index (χ2n) is 6.44. The Labute approximate surface area is 152 Å². The third-order valence-electron chi connectivity index (χ3n) is 2.77. The van der Waals surface area contributed by atoms with E-state index in [9.17, 15) is 4.79 Å². The average molecular weight is 364 g/mol. The van der Waals surface area contributed by atoms with Crippen molar-refractivity contribution >= 4 is 5.97 Å². The number of esters is 1. The van der Waals surface area contributed by atoms with Gasteiger partial charge in [-0.15, -0.1) is 0 Å². The van der Waals surface area contributed by atoms with Crippen molar-refractivity contribution in [1.29, 1.82) is 0 Å². The predicted octanol–water partition coefficient (Wildman–Crippen LogP) is 2.21. The fourth-order valence-corrected chi connectivity index (χ4v) is 1.65. The average Bonchev–Trinajstić information content (AvgIpc) is 2.53. The zero-order chi connectivity index (χ0) is 18.8. The maximum Gasteiger partial charge on any atom is 0.332 e. The lowest BCUT2D eigenvalue weighted by atomic mass is 10.2. The van der Waals surface area contributed by atoms with Gasteiger partial charge in [-0.2, -0.15) is 0 Å². The molecule has 0 rings (SSSR count). The van der Waals surface area contributed by atoms with E-state index < -0.39 is 5.60 Å². The van der Waals surface area contributed by atoms with Crippen LogP contribution in [0.3, 0.4) is 0 Å². The summed E-state index contributed by atoms with van der Waals surface area (Å²) in [6.07, 6.45) is 2.24. The summed E-state index contributed by atoms with van der Waals surface area (Å²) >= 11 is 0. The van der Waals surface area contributed by atoms with Crippen LogP contribution in [0.25, 0.3) is 0 Å². The Morgan fingerprint density at radius 3 is 1.48 bits per heavy atom. The molecule has 0 aliphatic heterocycles. The van der Waals surface area contributed by atoms with Crippen LogP contribution in [0.4, 0.5) is 0 Å². The van der Waals surface area contributed by atoms with Crippen molar-refractivity contribution in [2.75, 3.05) is 66.1 Å². The fraction of sp³-hybridized carbons (Fsp3) is 0.944. The third-order valence-corrected chi connectivity index (χ3v) is 2.77. The molecule has 0 saturated carbocycles. The number of ether oxygens (including phenoxy) is 6. The van der Waals surface area contributed by atoms with Crippen molar-refractivity contribution < 1.29 is 33.2 Å². The summed E-state index contributed by atoms with van der Waals surface area (Å²) in [5, 5.41) is 0. The van der Waals surface area contributed by atoms with Crippen LogP contribution in [-0.2, 0) is 33.2 Å². The number of carbonyl (C=O) groups is 1. The minimum absolute atomic E-state index is 0.0589. The quantitative estimate of drug-likeness (QED) is 0.289. The first kappa shape index (κ1) is 24.3. The molecule has 7 nitrogen and oxygen atoms in total. The summed E-state index contributed by atoms with van der Waals surface area (Å²) in [4.78, 5) is 11.4. The van der Waals surface area contributed by atoms with Gasteiger partial charge in [0.25, 0.3) is 0 Å². The topological polar surface area (TPSA) is 72.5 Å². The van der Waals surface area contributed by atoms with Gasteiger partial charge in [-0.1, -0.05) is 13.3 Å². The highest BCUT2D eigenvalue weighted by molar-refractivity contribution is 5.71. The second kappa shape index (κ2) is 16.7. The summed E-state index contributed by atoms with van der Waals surface area (Å²) in [6, 6.07) is 0. The van der Waals surface area contributed by atoms with Gasteiger partial charge in [0.15, 0.2) is 0 Å². The van der Waals surface area contributed by atoms with Crippen LogP contribution in [0.5, 0.6) is 0 Å². The maximum atomic E-state index is 11.4. The molecule has 0 fully saturated rings. The molecule has 0 spiro atoms. The molecule has 0 atom stereocenters. The van der Waals surface area contributed by atoms with Crippen molar-refractivity contribution in [2.45, 2.75) is 46.1 Å². The van der Waals surface area contributed by atoms with Crippen LogP contribution in [0.1, 0.15) is 40.5 Å². The highest BCUT2D eigenvalue weighted by Crippen LogP contribution is 2.06. The van der Waals surface area contributed by atoms with E-state index in [-0.39, 0.29) is 12.6 Å².